The van der Waals surface area contributed by atoms with E-state index in [0.717, 1.165) is 47.7 Å². The number of H-pyrrole nitrogens is 1. The van der Waals surface area contributed by atoms with Crippen LogP contribution in [-0.4, -0.2) is 46.2 Å². The Morgan fingerprint density at radius 2 is 2.09 bits per heavy atom. The van der Waals surface area contributed by atoms with Gasteiger partial charge >= 0.3 is 0 Å². The van der Waals surface area contributed by atoms with Crippen LogP contribution in [0.5, 0.6) is 0 Å². The second-order valence-electron chi connectivity index (χ2n) is 5.85. The number of amides is 1. The lowest BCUT2D eigenvalue weighted by Gasteiger charge is -2.27. The molecule has 2 aliphatic heterocycles. The van der Waals surface area contributed by atoms with E-state index in [2.05, 4.69) is 36.3 Å². The topological polar surface area (TPSA) is 61.0 Å². The standard InChI is InChI=1S/C15H17BrN4O.ClH/c16-9-1-4-13-12(7-9)14(19-18-13)15(21)20-10-2-3-11(20)8-17-6-5-10;/h1,4,7,10-11,17H,2-3,5-6,8H2,(H,18,19);1H. The smallest absolute Gasteiger partial charge is 0.275 e. The number of aromatic nitrogens is 2. The van der Waals surface area contributed by atoms with Crippen molar-refractivity contribution in [3.8, 4) is 0 Å². The van der Waals surface area contributed by atoms with Gasteiger partial charge in [-0.05, 0) is 44.0 Å². The van der Waals surface area contributed by atoms with Crippen molar-refractivity contribution in [2.45, 2.75) is 31.3 Å². The number of fused-ring (bicyclic) bond motifs is 3. The first kappa shape index (κ1) is 15.8. The lowest BCUT2D eigenvalue weighted by atomic mass is 10.1. The van der Waals surface area contributed by atoms with Gasteiger partial charge in [0.1, 0.15) is 0 Å². The predicted octanol–water partition coefficient (Wildman–Crippen LogP) is 2.71. The number of carbonyl (C=O) groups excluding carboxylic acids is 1. The summed E-state index contributed by atoms with van der Waals surface area (Å²) >= 11 is 3.47. The first-order chi connectivity index (χ1) is 10.2. The summed E-state index contributed by atoms with van der Waals surface area (Å²) in [4.78, 5) is 15.1. The summed E-state index contributed by atoms with van der Waals surface area (Å²) in [5.74, 6) is 0.0653. The number of rotatable bonds is 1. The molecule has 5 nitrogen and oxygen atoms in total. The van der Waals surface area contributed by atoms with Gasteiger partial charge in [-0.3, -0.25) is 9.89 Å². The lowest BCUT2D eigenvalue weighted by molar-refractivity contribution is 0.0676. The normalized spacial score (nSPS) is 24.1. The molecule has 2 aromatic rings. The van der Waals surface area contributed by atoms with Crippen molar-refractivity contribution in [1.82, 2.24) is 20.4 Å². The number of hydrogen-bond acceptors (Lipinski definition) is 3. The molecule has 0 aliphatic carbocycles. The number of benzene rings is 1. The van der Waals surface area contributed by atoms with Gasteiger partial charge in [-0.1, -0.05) is 15.9 Å². The fourth-order valence-electron chi connectivity index (χ4n) is 3.59. The maximum absolute atomic E-state index is 13.0. The largest absolute Gasteiger partial charge is 0.330 e. The summed E-state index contributed by atoms with van der Waals surface area (Å²) in [6.07, 6.45) is 3.24. The molecular formula is C15H18BrClN4O. The maximum Gasteiger partial charge on any atom is 0.275 e. The molecule has 2 bridgehead atoms. The van der Waals surface area contributed by atoms with Crippen molar-refractivity contribution >= 4 is 45.1 Å². The molecule has 0 saturated carbocycles. The number of halogens is 2. The molecule has 2 unspecified atom stereocenters. The Morgan fingerprint density at radius 3 is 2.95 bits per heavy atom. The monoisotopic (exact) mass is 384 g/mol. The zero-order valence-corrected chi connectivity index (χ0v) is 14.4. The van der Waals surface area contributed by atoms with Crippen LogP contribution in [0.3, 0.4) is 0 Å². The van der Waals surface area contributed by atoms with Gasteiger partial charge in [0.05, 0.1) is 5.52 Å². The third-order valence-electron chi connectivity index (χ3n) is 4.62. The third kappa shape index (κ3) is 2.53. The summed E-state index contributed by atoms with van der Waals surface area (Å²) in [7, 11) is 0. The van der Waals surface area contributed by atoms with Gasteiger partial charge in [0, 0.05) is 28.5 Å². The highest BCUT2D eigenvalue weighted by molar-refractivity contribution is 9.10. The molecule has 0 radical (unpaired) electrons. The first-order valence-corrected chi connectivity index (χ1v) is 8.20. The number of nitrogens with one attached hydrogen (secondary N) is 2. The van der Waals surface area contributed by atoms with Gasteiger partial charge in [0.15, 0.2) is 5.69 Å². The summed E-state index contributed by atoms with van der Waals surface area (Å²) < 4.78 is 0.964. The van der Waals surface area contributed by atoms with Gasteiger partial charge in [-0.25, -0.2) is 0 Å². The van der Waals surface area contributed by atoms with E-state index in [0.29, 0.717) is 17.8 Å². The minimum absolute atomic E-state index is 0. The molecule has 3 heterocycles. The molecular weight excluding hydrogens is 368 g/mol. The first-order valence-electron chi connectivity index (χ1n) is 7.41. The van der Waals surface area contributed by atoms with Gasteiger partial charge in [-0.15, -0.1) is 12.4 Å². The van der Waals surface area contributed by atoms with Gasteiger partial charge < -0.3 is 10.2 Å². The summed E-state index contributed by atoms with van der Waals surface area (Å²) in [5.41, 5.74) is 1.45. The molecule has 118 valence electrons. The van der Waals surface area contributed by atoms with E-state index >= 15 is 0 Å². The van der Waals surface area contributed by atoms with Gasteiger partial charge in [0.25, 0.3) is 5.91 Å². The Kier molecular flexibility index (Phi) is 4.43. The maximum atomic E-state index is 13.0. The van der Waals surface area contributed by atoms with Crippen LogP contribution in [0.4, 0.5) is 0 Å². The molecule has 2 saturated heterocycles. The quantitative estimate of drug-likeness (QED) is 0.793. The molecule has 2 aliphatic rings. The van der Waals surface area contributed by atoms with Crippen molar-refractivity contribution in [2.24, 2.45) is 0 Å². The third-order valence-corrected chi connectivity index (χ3v) is 5.11. The van der Waals surface area contributed by atoms with Crippen molar-refractivity contribution in [3.05, 3.63) is 28.4 Å². The van der Waals surface area contributed by atoms with E-state index in [9.17, 15) is 4.79 Å². The van der Waals surface area contributed by atoms with Crippen LogP contribution in [0.15, 0.2) is 22.7 Å². The van der Waals surface area contributed by atoms with E-state index < -0.39 is 0 Å². The zero-order chi connectivity index (χ0) is 14.4. The fraction of sp³-hybridized carbons (Fsp3) is 0.467. The molecule has 2 N–H and O–H groups in total. The Labute approximate surface area is 143 Å². The predicted molar refractivity (Wildman–Crippen MR) is 91.5 cm³/mol. The molecule has 1 aromatic carbocycles. The number of hydrogen-bond donors (Lipinski definition) is 2. The van der Waals surface area contributed by atoms with Crippen LogP contribution in [0.25, 0.3) is 10.9 Å². The second-order valence-corrected chi connectivity index (χ2v) is 6.77. The molecule has 2 fully saturated rings. The van der Waals surface area contributed by atoms with E-state index in [1.165, 1.54) is 0 Å². The van der Waals surface area contributed by atoms with Crippen molar-refractivity contribution in [1.29, 1.82) is 0 Å². The summed E-state index contributed by atoms with van der Waals surface area (Å²) in [6.45, 7) is 1.89. The molecule has 1 amide bonds. The second kappa shape index (κ2) is 6.18. The van der Waals surface area contributed by atoms with Crippen molar-refractivity contribution in [2.75, 3.05) is 13.1 Å². The van der Waals surface area contributed by atoms with Crippen molar-refractivity contribution < 1.29 is 4.79 Å². The average molecular weight is 386 g/mol. The Hall–Kier alpha value is -1.11. The molecule has 2 atom stereocenters. The number of carbonyl (C=O) groups is 1. The van der Waals surface area contributed by atoms with Crippen molar-refractivity contribution in [3.63, 3.8) is 0 Å². The highest BCUT2D eigenvalue weighted by Gasteiger charge is 2.39. The SMILES string of the molecule is Cl.O=C(c1n[nH]c2ccc(Br)cc12)N1C2CCNCC1CC2. The molecule has 22 heavy (non-hydrogen) atoms. The Bertz CT molecular complexity index is 690. The number of nitrogens with zero attached hydrogens (tertiary/aromatic N) is 2. The van der Waals surface area contributed by atoms with Gasteiger partial charge in [-0.2, -0.15) is 5.10 Å². The van der Waals surface area contributed by atoms with E-state index in [-0.39, 0.29) is 18.3 Å². The summed E-state index contributed by atoms with van der Waals surface area (Å²) in [5, 5.41) is 11.6. The van der Waals surface area contributed by atoms with Gasteiger partial charge in [0.2, 0.25) is 0 Å². The van der Waals surface area contributed by atoms with Crippen LogP contribution in [-0.2, 0) is 0 Å². The average Bonchev–Trinajstić information content (AvgIpc) is 2.97. The minimum atomic E-state index is 0. The van der Waals surface area contributed by atoms with E-state index in [1.807, 2.05) is 18.2 Å². The molecule has 1 aromatic heterocycles. The van der Waals surface area contributed by atoms with Crippen LogP contribution in [0.2, 0.25) is 0 Å². The lowest BCUT2D eigenvalue weighted by Crippen LogP contribution is -2.42. The van der Waals surface area contributed by atoms with E-state index in [4.69, 9.17) is 0 Å². The highest BCUT2D eigenvalue weighted by Crippen LogP contribution is 2.31. The summed E-state index contributed by atoms with van der Waals surface area (Å²) in [6, 6.07) is 6.53. The van der Waals surface area contributed by atoms with Crippen LogP contribution < -0.4 is 5.32 Å². The zero-order valence-electron chi connectivity index (χ0n) is 12.0. The molecule has 0 spiro atoms. The van der Waals surface area contributed by atoms with Crippen LogP contribution in [0, 0.1) is 0 Å². The van der Waals surface area contributed by atoms with Crippen LogP contribution in [0.1, 0.15) is 29.8 Å². The van der Waals surface area contributed by atoms with E-state index in [1.54, 1.807) is 0 Å². The highest BCUT2D eigenvalue weighted by atomic mass is 79.9. The minimum Gasteiger partial charge on any atom is -0.330 e. The number of aromatic amines is 1. The Morgan fingerprint density at radius 1 is 1.27 bits per heavy atom. The molecule has 4 rings (SSSR count). The Balaban J connectivity index is 0.00000144. The fourth-order valence-corrected chi connectivity index (χ4v) is 3.95. The van der Waals surface area contributed by atoms with Crippen LogP contribution >= 0.6 is 28.3 Å². The molecule has 7 heteroatoms.